The molecule has 3 rings (SSSR count). The van der Waals surface area contributed by atoms with E-state index in [1.807, 2.05) is 56.6 Å². The molecule has 0 aliphatic carbocycles. The molecule has 0 heterocycles. The maximum atomic E-state index is 13.0. The van der Waals surface area contributed by atoms with E-state index in [2.05, 4.69) is 40.5 Å². The highest BCUT2D eigenvalue weighted by atomic mass is 35.5. The van der Waals surface area contributed by atoms with Gasteiger partial charge in [0.1, 0.15) is 0 Å². The van der Waals surface area contributed by atoms with Crippen LogP contribution in [0.4, 0.5) is 0 Å². The van der Waals surface area contributed by atoms with Crippen LogP contribution in [0.25, 0.3) is 10.8 Å². The molecule has 5 heteroatoms. The van der Waals surface area contributed by atoms with Crippen LogP contribution in [-0.2, 0) is 9.53 Å². The molecule has 1 amide bonds. The van der Waals surface area contributed by atoms with E-state index in [-0.39, 0.29) is 24.4 Å². The molecule has 0 aliphatic heterocycles. The van der Waals surface area contributed by atoms with Crippen molar-refractivity contribution >= 4 is 29.1 Å². The average molecular weight is 413 g/mol. The van der Waals surface area contributed by atoms with Crippen LogP contribution in [0.2, 0.25) is 0 Å². The Kier molecular flexibility index (Phi) is 8.65. The van der Waals surface area contributed by atoms with Gasteiger partial charge in [0.15, 0.2) is 6.10 Å². The Morgan fingerprint density at radius 2 is 1.59 bits per heavy atom. The van der Waals surface area contributed by atoms with Gasteiger partial charge in [-0.15, -0.1) is 12.4 Å². The van der Waals surface area contributed by atoms with Crippen LogP contribution in [0.3, 0.4) is 0 Å². The summed E-state index contributed by atoms with van der Waals surface area (Å²) in [4.78, 5) is 15.1. The van der Waals surface area contributed by atoms with Crippen molar-refractivity contribution in [1.29, 1.82) is 0 Å². The van der Waals surface area contributed by atoms with Crippen LogP contribution in [0.1, 0.15) is 29.7 Å². The van der Waals surface area contributed by atoms with E-state index in [9.17, 15) is 4.79 Å². The van der Waals surface area contributed by atoms with Gasteiger partial charge >= 0.3 is 0 Å². The zero-order chi connectivity index (χ0) is 19.9. The summed E-state index contributed by atoms with van der Waals surface area (Å²) in [6.07, 6.45) is 0.200. The summed E-state index contributed by atoms with van der Waals surface area (Å²) in [6.45, 7) is 0.876. The zero-order valence-electron chi connectivity index (χ0n) is 17.2. The molecule has 0 fully saturated rings. The van der Waals surface area contributed by atoms with Crippen molar-refractivity contribution < 1.29 is 9.53 Å². The van der Waals surface area contributed by atoms with Crippen LogP contribution in [0, 0.1) is 0 Å². The fourth-order valence-corrected chi connectivity index (χ4v) is 3.40. The SMILES string of the molecule is CO[C@@H](C(=O)N[C@@H](CCN(C)C)c1ccc2ccccc2c1)c1ccccc1.Cl. The molecule has 0 saturated carbocycles. The van der Waals surface area contributed by atoms with Gasteiger partial charge in [-0.05, 0) is 55.0 Å². The molecule has 0 aromatic heterocycles. The third-order valence-electron chi connectivity index (χ3n) is 4.93. The summed E-state index contributed by atoms with van der Waals surface area (Å²) in [6, 6.07) is 24.2. The number of halogens is 1. The number of hydrogen-bond donors (Lipinski definition) is 1. The molecule has 0 radical (unpaired) electrons. The van der Waals surface area contributed by atoms with E-state index >= 15 is 0 Å². The summed E-state index contributed by atoms with van der Waals surface area (Å²) < 4.78 is 5.51. The van der Waals surface area contributed by atoms with Crippen molar-refractivity contribution in [3.05, 3.63) is 83.9 Å². The van der Waals surface area contributed by atoms with Crippen molar-refractivity contribution in [2.45, 2.75) is 18.6 Å². The third-order valence-corrected chi connectivity index (χ3v) is 4.93. The molecule has 154 valence electrons. The highest BCUT2D eigenvalue weighted by molar-refractivity contribution is 5.85. The van der Waals surface area contributed by atoms with E-state index in [0.717, 1.165) is 24.1 Å². The maximum Gasteiger partial charge on any atom is 0.254 e. The van der Waals surface area contributed by atoms with Gasteiger partial charge in [-0.3, -0.25) is 4.79 Å². The number of methoxy groups -OCH3 is 1. The Hall–Kier alpha value is -2.40. The van der Waals surface area contributed by atoms with E-state index in [0.29, 0.717) is 0 Å². The van der Waals surface area contributed by atoms with Gasteiger partial charge in [0.2, 0.25) is 0 Å². The van der Waals surface area contributed by atoms with Gasteiger partial charge in [-0.1, -0.05) is 66.7 Å². The zero-order valence-corrected chi connectivity index (χ0v) is 18.0. The fraction of sp³-hybridized carbons (Fsp3) is 0.292. The number of carbonyl (C=O) groups is 1. The molecule has 0 spiro atoms. The Morgan fingerprint density at radius 1 is 0.931 bits per heavy atom. The molecule has 3 aromatic rings. The summed E-state index contributed by atoms with van der Waals surface area (Å²) in [7, 11) is 5.66. The van der Waals surface area contributed by atoms with Crippen LogP contribution in [0.15, 0.2) is 72.8 Å². The molecular formula is C24H29ClN2O2. The second-order valence-corrected chi connectivity index (χ2v) is 7.29. The van der Waals surface area contributed by atoms with E-state index in [1.54, 1.807) is 7.11 Å². The monoisotopic (exact) mass is 412 g/mol. The lowest BCUT2D eigenvalue weighted by Crippen LogP contribution is -2.35. The molecule has 29 heavy (non-hydrogen) atoms. The second kappa shape index (κ2) is 11.0. The van der Waals surface area contributed by atoms with Gasteiger partial charge in [0.05, 0.1) is 6.04 Å². The summed E-state index contributed by atoms with van der Waals surface area (Å²) in [5, 5.41) is 5.59. The standard InChI is InChI=1S/C24H28N2O2.ClH/c1-26(2)16-15-22(21-14-13-18-9-7-8-12-20(18)17-21)25-24(27)23(28-3)19-10-5-4-6-11-19;/h4-14,17,22-23H,15-16H2,1-3H3,(H,25,27);1H/t22-,23+;/m0./s1. The first-order valence-electron chi connectivity index (χ1n) is 9.60. The molecule has 0 aliphatic rings. The fourth-order valence-electron chi connectivity index (χ4n) is 3.40. The normalized spacial score (nSPS) is 13.0. The largest absolute Gasteiger partial charge is 0.367 e. The topological polar surface area (TPSA) is 41.6 Å². The minimum absolute atomic E-state index is 0. The van der Waals surface area contributed by atoms with Crippen molar-refractivity contribution in [2.75, 3.05) is 27.7 Å². The van der Waals surface area contributed by atoms with Crippen LogP contribution in [0.5, 0.6) is 0 Å². The highest BCUT2D eigenvalue weighted by Crippen LogP contribution is 2.25. The number of hydrogen-bond acceptors (Lipinski definition) is 3. The van der Waals surface area contributed by atoms with Crippen molar-refractivity contribution in [2.24, 2.45) is 0 Å². The number of fused-ring (bicyclic) bond motifs is 1. The van der Waals surface area contributed by atoms with Gasteiger partial charge in [-0.25, -0.2) is 0 Å². The summed E-state index contributed by atoms with van der Waals surface area (Å²) in [5.74, 6) is -0.120. The number of nitrogens with one attached hydrogen (secondary N) is 1. The van der Waals surface area contributed by atoms with Gasteiger partial charge in [0.25, 0.3) is 5.91 Å². The number of nitrogens with zero attached hydrogens (tertiary/aromatic N) is 1. The van der Waals surface area contributed by atoms with Gasteiger partial charge in [0, 0.05) is 7.11 Å². The number of carbonyl (C=O) groups excluding carboxylic acids is 1. The Balaban J connectivity index is 0.00000300. The Bertz CT molecular complexity index is 915. The predicted octanol–water partition coefficient (Wildman–Crippen LogP) is 4.76. The minimum Gasteiger partial charge on any atom is -0.367 e. The Labute approximate surface area is 179 Å². The molecule has 3 aromatic carbocycles. The first kappa shape index (κ1) is 22.9. The van der Waals surface area contributed by atoms with Crippen LogP contribution >= 0.6 is 12.4 Å². The summed E-state index contributed by atoms with van der Waals surface area (Å²) >= 11 is 0. The quantitative estimate of drug-likeness (QED) is 0.580. The van der Waals surface area contributed by atoms with Crippen molar-refractivity contribution in [1.82, 2.24) is 10.2 Å². The number of benzene rings is 3. The van der Waals surface area contributed by atoms with E-state index in [4.69, 9.17) is 4.74 Å². The second-order valence-electron chi connectivity index (χ2n) is 7.29. The van der Waals surface area contributed by atoms with Gasteiger partial charge in [-0.2, -0.15) is 0 Å². The number of rotatable bonds is 8. The first-order valence-corrected chi connectivity index (χ1v) is 9.60. The average Bonchev–Trinajstić information content (AvgIpc) is 2.72. The predicted molar refractivity (Wildman–Crippen MR) is 121 cm³/mol. The number of amides is 1. The number of ether oxygens (including phenoxy) is 1. The van der Waals surface area contributed by atoms with E-state index < -0.39 is 6.10 Å². The minimum atomic E-state index is -0.622. The molecule has 2 atom stereocenters. The first-order chi connectivity index (χ1) is 13.6. The van der Waals surface area contributed by atoms with Crippen LogP contribution in [-0.4, -0.2) is 38.6 Å². The highest BCUT2D eigenvalue weighted by Gasteiger charge is 2.23. The molecule has 4 nitrogen and oxygen atoms in total. The maximum absolute atomic E-state index is 13.0. The van der Waals surface area contributed by atoms with Crippen LogP contribution < -0.4 is 5.32 Å². The van der Waals surface area contributed by atoms with E-state index in [1.165, 1.54) is 10.8 Å². The van der Waals surface area contributed by atoms with Crippen molar-refractivity contribution in [3.8, 4) is 0 Å². The molecule has 0 saturated heterocycles. The lowest BCUT2D eigenvalue weighted by Gasteiger charge is -2.24. The molecular weight excluding hydrogens is 384 g/mol. The lowest BCUT2D eigenvalue weighted by molar-refractivity contribution is -0.132. The molecule has 0 bridgehead atoms. The molecule has 0 unspecified atom stereocenters. The molecule has 1 N–H and O–H groups in total. The smallest absolute Gasteiger partial charge is 0.254 e. The van der Waals surface area contributed by atoms with Gasteiger partial charge < -0.3 is 15.0 Å². The third kappa shape index (κ3) is 6.04. The Morgan fingerprint density at radius 3 is 2.24 bits per heavy atom. The summed E-state index contributed by atoms with van der Waals surface area (Å²) in [5.41, 5.74) is 1.96. The van der Waals surface area contributed by atoms with Crippen molar-refractivity contribution in [3.63, 3.8) is 0 Å². The lowest BCUT2D eigenvalue weighted by atomic mass is 9.98.